The zero-order valence-electron chi connectivity index (χ0n) is 18.9. The molecule has 0 spiro atoms. The van der Waals surface area contributed by atoms with Gasteiger partial charge in [0.05, 0.1) is 13.7 Å². The van der Waals surface area contributed by atoms with Gasteiger partial charge in [0.25, 0.3) is 0 Å². The molecule has 0 aromatic carbocycles. The van der Waals surface area contributed by atoms with Crippen LogP contribution in [0.1, 0.15) is 53.9 Å². The largest absolute Gasteiger partial charge is 0.453 e. The van der Waals surface area contributed by atoms with Crippen LogP contribution in [0.4, 0.5) is 9.59 Å². The number of hydrogen-bond acceptors (Lipinski definition) is 5. The van der Waals surface area contributed by atoms with Gasteiger partial charge in [-0.05, 0) is 47.0 Å². The molecule has 168 valence electrons. The minimum absolute atomic E-state index is 0.242. The van der Waals surface area contributed by atoms with Gasteiger partial charge in [0.1, 0.15) is 5.60 Å². The molecule has 1 rings (SSSR count). The monoisotopic (exact) mass is 413 g/mol. The average Bonchev–Trinajstić information content (AvgIpc) is 2.66. The number of piperidine rings is 1. The van der Waals surface area contributed by atoms with E-state index in [4.69, 9.17) is 9.47 Å². The zero-order valence-corrected chi connectivity index (χ0v) is 18.9. The quantitative estimate of drug-likeness (QED) is 0.492. The van der Waals surface area contributed by atoms with Crippen LogP contribution in [0.3, 0.4) is 0 Å². The Bertz CT molecular complexity index is 539. The number of nitrogens with zero attached hydrogens (tertiary/aromatic N) is 3. The number of nitrogens with one attached hydrogen (secondary N) is 2. The fraction of sp³-hybridized carbons (Fsp3) is 0.850. The molecule has 9 nitrogen and oxygen atoms in total. The van der Waals surface area contributed by atoms with Crippen molar-refractivity contribution in [3.05, 3.63) is 0 Å². The predicted octanol–water partition coefficient (Wildman–Crippen LogP) is 2.42. The molecule has 0 aromatic heterocycles. The Morgan fingerprint density at radius 2 is 1.83 bits per heavy atom. The number of hydrogen-bond donors (Lipinski definition) is 2. The lowest BCUT2D eigenvalue weighted by Gasteiger charge is -2.32. The number of amides is 2. The van der Waals surface area contributed by atoms with Crippen LogP contribution in [0.2, 0.25) is 0 Å². The Labute approximate surface area is 175 Å². The van der Waals surface area contributed by atoms with Crippen molar-refractivity contribution in [1.82, 2.24) is 20.4 Å². The first-order chi connectivity index (χ1) is 13.7. The number of ether oxygens (including phenoxy) is 2. The molecule has 0 atom stereocenters. The highest BCUT2D eigenvalue weighted by molar-refractivity contribution is 5.80. The van der Waals surface area contributed by atoms with Crippen LogP contribution in [0.25, 0.3) is 0 Å². The van der Waals surface area contributed by atoms with E-state index < -0.39 is 5.60 Å². The molecule has 0 saturated carbocycles. The minimum atomic E-state index is -0.512. The third-order valence-corrected chi connectivity index (χ3v) is 4.40. The van der Waals surface area contributed by atoms with E-state index in [0.717, 1.165) is 31.8 Å². The van der Waals surface area contributed by atoms with Gasteiger partial charge in [0.15, 0.2) is 5.96 Å². The van der Waals surface area contributed by atoms with E-state index in [9.17, 15) is 9.59 Å². The molecule has 29 heavy (non-hydrogen) atoms. The molecule has 0 bridgehead atoms. The van der Waals surface area contributed by atoms with Gasteiger partial charge in [-0.1, -0.05) is 6.92 Å². The van der Waals surface area contributed by atoms with E-state index in [2.05, 4.69) is 15.6 Å². The zero-order chi connectivity index (χ0) is 21.9. The van der Waals surface area contributed by atoms with Crippen LogP contribution in [-0.4, -0.2) is 86.0 Å². The Morgan fingerprint density at radius 3 is 2.34 bits per heavy atom. The Morgan fingerprint density at radius 1 is 1.17 bits per heavy atom. The van der Waals surface area contributed by atoms with Crippen LogP contribution in [0, 0.1) is 0 Å². The van der Waals surface area contributed by atoms with E-state index in [1.54, 1.807) is 9.80 Å². The summed E-state index contributed by atoms with van der Waals surface area (Å²) in [6, 6.07) is 0.242. The molecule has 1 fully saturated rings. The molecule has 2 N–H and O–H groups in total. The highest BCUT2D eigenvalue weighted by atomic mass is 16.6. The molecule has 2 amide bonds. The minimum Gasteiger partial charge on any atom is -0.453 e. The predicted molar refractivity (Wildman–Crippen MR) is 114 cm³/mol. The Kier molecular flexibility index (Phi) is 10.6. The number of rotatable bonds is 7. The fourth-order valence-electron chi connectivity index (χ4n) is 3.02. The van der Waals surface area contributed by atoms with Gasteiger partial charge < -0.3 is 29.9 Å². The number of carbonyl (C=O) groups excluding carboxylic acids is 2. The highest BCUT2D eigenvalue weighted by Gasteiger charge is 2.24. The maximum Gasteiger partial charge on any atom is 0.410 e. The van der Waals surface area contributed by atoms with Gasteiger partial charge in [-0.25, -0.2) is 9.59 Å². The first-order valence-corrected chi connectivity index (χ1v) is 10.6. The summed E-state index contributed by atoms with van der Waals surface area (Å²) in [7, 11) is 1.40. The summed E-state index contributed by atoms with van der Waals surface area (Å²) in [4.78, 5) is 32.0. The molecule has 0 aliphatic carbocycles. The lowest BCUT2D eigenvalue weighted by molar-refractivity contribution is 0.0255. The second kappa shape index (κ2) is 12.4. The smallest absolute Gasteiger partial charge is 0.410 e. The first-order valence-electron chi connectivity index (χ1n) is 10.6. The molecule has 1 saturated heterocycles. The molecule has 0 unspecified atom stereocenters. The molecular weight excluding hydrogens is 374 g/mol. The van der Waals surface area contributed by atoms with Crippen LogP contribution < -0.4 is 10.6 Å². The molecular formula is C20H39N5O4. The van der Waals surface area contributed by atoms with Crippen LogP contribution in [-0.2, 0) is 9.47 Å². The summed E-state index contributed by atoms with van der Waals surface area (Å²) in [5.41, 5.74) is -0.512. The third-order valence-electron chi connectivity index (χ3n) is 4.40. The van der Waals surface area contributed by atoms with Gasteiger partial charge in [0, 0.05) is 38.8 Å². The third kappa shape index (κ3) is 9.71. The van der Waals surface area contributed by atoms with Crippen LogP contribution in [0.5, 0.6) is 0 Å². The Hall–Kier alpha value is -2.19. The summed E-state index contributed by atoms with van der Waals surface area (Å²) in [5.74, 6) is 0.727. The summed E-state index contributed by atoms with van der Waals surface area (Å²) < 4.78 is 10.3. The van der Waals surface area contributed by atoms with Crippen molar-refractivity contribution in [2.45, 2.75) is 65.5 Å². The normalized spacial score (nSPS) is 15.7. The molecule has 1 aliphatic rings. The van der Waals surface area contributed by atoms with Gasteiger partial charge >= 0.3 is 12.2 Å². The number of aliphatic imine (C=N–C) groups is 1. The number of likely N-dealkylation sites (tertiary alicyclic amines) is 1. The molecule has 1 aliphatic heterocycles. The summed E-state index contributed by atoms with van der Waals surface area (Å²) in [5, 5.41) is 6.68. The standard InChI is InChI=1S/C20H39N5O4/c1-7-12-24(19(27)29-20(3,4)5)15-11-22-17(21-8-2)23-16-9-13-25(14-10-16)18(26)28-6/h16H,7-15H2,1-6H3,(H2,21,22,23). The van der Waals surface area contributed by atoms with Crippen molar-refractivity contribution >= 4 is 18.1 Å². The lowest BCUT2D eigenvalue weighted by atomic mass is 10.1. The van der Waals surface area contributed by atoms with Crippen molar-refractivity contribution in [2.75, 3.05) is 46.4 Å². The maximum absolute atomic E-state index is 12.4. The molecule has 1 heterocycles. The SMILES string of the molecule is CCCN(CCN=C(NCC)NC1CCN(C(=O)OC)CC1)C(=O)OC(C)(C)C. The highest BCUT2D eigenvalue weighted by Crippen LogP contribution is 2.12. The first kappa shape index (κ1) is 24.8. The maximum atomic E-state index is 12.4. The second-order valence-electron chi connectivity index (χ2n) is 8.10. The van der Waals surface area contributed by atoms with Crippen molar-refractivity contribution < 1.29 is 19.1 Å². The summed E-state index contributed by atoms with van der Waals surface area (Å²) in [6.45, 7) is 13.3. The number of guanidine groups is 1. The topological polar surface area (TPSA) is 95.5 Å². The van der Waals surface area contributed by atoms with Gasteiger partial charge in [-0.15, -0.1) is 0 Å². The fourth-order valence-corrected chi connectivity index (χ4v) is 3.02. The Balaban J connectivity index is 2.57. The lowest BCUT2D eigenvalue weighted by Crippen LogP contribution is -2.50. The van der Waals surface area contributed by atoms with Crippen molar-refractivity contribution in [1.29, 1.82) is 0 Å². The van der Waals surface area contributed by atoms with Crippen molar-refractivity contribution in [2.24, 2.45) is 4.99 Å². The van der Waals surface area contributed by atoms with E-state index >= 15 is 0 Å². The number of carbonyl (C=O) groups is 2. The second-order valence-corrected chi connectivity index (χ2v) is 8.10. The molecule has 0 aromatic rings. The van der Waals surface area contributed by atoms with E-state index in [1.807, 2.05) is 34.6 Å². The number of methoxy groups -OCH3 is 1. The van der Waals surface area contributed by atoms with E-state index in [0.29, 0.717) is 32.7 Å². The average molecular weight is 414 g/mol. The van der Waals surface area contributed by atoms with E-state index in [-0.39, 0.29) is 18.2 Å². The van der Waals surface area contributed by atoms with Crippen LogP contribution >= 0.6 is 0 Å². The summed E-state index contributed by atoms with van der Waals surface area (Å²) in [6.07, 6.45) is 1.95. The molecule has 9 heteroatoms. The molecule has 0 radical (unpaired) electrons. The van der Waals surface area contributed by atoms with Gasteiger partial charge in [-0.3, -0.25) is 4.99 Å². The van der Waals surface area contributed by atoms with Gasteiger partial charge in [-0.2, -0.15) is 0 Å². The summed E-state index contributed by atoms with van der Waals surface area (Å²) >= 11 is 0. The van der Waals surface area contributed by atoms with Crippen molar-refractivity contribution in [3.63, 3.8) is 0 Å². The van der Waals surface area contributed by atoms with Crippen LogP contribution in [0.15, 0.2) is 4.99 Å². The van der Waals surface area contributed by atoms with E-state index in [1.165, 1.54) is 7.11 Å². The van der Waals surface area contributed by atoms with Crippen molar-refractivity contribution in [3.8, 4) is 0 Å². The van der Waals surface area contributed by atoms with Gasteiger partial charge in [0.2, 0.25) is 0 Å².